The van der Waals surface area contributed by atoms with Crippen LogP contribution in [-0.2, 0) is 23.9 Å². The van der Waals surface area contributed by atoms with Gasteiger partial charge in [-0.2, -0.15) is 18.2 Å². The lowest BCUT2D eigenvalue weighted by molar-refractivity contribution is -0.139. The largest absolute Gasteiger partial charge is 0.493 e. The Morgan fingerprint density at radius 1 is 1.13 bits per heavy atom. The van der Waals surface area contributed by atoms with E-state index >= 15 is 0 Å². The number of benzene rings is 2. The fourth-order valence-electron chi connectivity index (χ4n) is 2.97. The lowest BCUT2D eigenvalue weighted by Gasteiger charge is -2.21. The van der Waals surface area contributed by atoms with Crippen LogP contribution < -0.4 is 14.5 Å². The summed E-state index contributed by atoms with van der Waals surface area (Å²) in [5.41, 5.74) is 0.504. The lowest BCUT2D eigenvalue weighted by atomic mass is 10.0. The molecule has 0 saturated heterocycles. The molecule has 2 rings (SSSR count). The molecule has 0 unspecified atom stereocenters. The van der Waals surface area contributed by atoms with Gasteiger partial charge >= 0.3 is 12.3 Å². The van der Waals surface area contributed by atoms with Crippen molar-refractivity contribution in [3.8, 4) is 11.5 Å². The van der Waals surface area contributed by atoms with E-state index in [2.05, 4.69) is 4.74 Å². The third-order valence-electron chi connectivity index (χ3n) is 4.48. The highest BCUT2D eigenvalue weighted by molar-refractivity contribution is 5.86. The molecule has 0 saturated carbocycles. The van der Waals surface area contributed by atoms with E-state index in [1.807, 2.05) is 0 Å². The highest BCUT2D eigenvalue weighted by Gasteiger charge is 2.35. The topological polar surface area (TPSA) is 68.2 Å². The van der Waals surface area contributed by atoms with Crippen LogP contribution in [0.15, 0.2) is 30.3 Å². The van der Waals surface area contributed by atoms with Crippen LogP contribution in [0.1, 0.15) is 36.1 Å². The monoisotopic (exact) mass is 427 g/mol. The zero-order chi connectivity index (χ0) is 22.5. The first-order chi connectivity index (χ1) is 14.1. The highest BCUT2D eigenvalue weighted by Crippen LogP contribution is 2.39. The van der Waals surface area contributed by atoms with Crippen LogP contribution in [0, 0.1) is 6.92 Å². The summed E-state index contributed by atoms with van der Waals surface area (Å²) in [4.78, 5) is 11.7. The molecule has 0 heterocycles. The Bertz CT molecular complexity index is 899. The van der Waals surface area contributed by atoms with Crippen LogP contribution in [0.2, 0.25) is 0 Å². The molecule has 30 heavy (non-hydrogen) atoms. The maximum atomic E-state index is 13.6. The number of anilines is 1. The number of amides is 1. The van der Waals surface area contributed by atoms with Gasteiger partial charge in [0.05, 0.1) is 30.5 Å². The summed E-state index contributed by atoms with van der Waals surface area (Å²) in [5.74, 6) is -0.0922. The normalized spacial score (nSPS) is 11.2. The molecule has 0 aromatic heterocycles. The summed E-state index contributed by atoms with van der Waals surface area (Å²) in [7, 11) is 1.09. The molecule has 2 aromatic rings. The molecule has 0 fully saturated rings. The number of carbonyl (C=O) groups excluding carboxylic acids is 1. The number of hydroxylamine groups is 1. The second-order valence-corrected chi connectivity index (χ2v) is 6.38. The van der Waals surface area contributed by atoms with Gasteiger partial charge in [0.15, 0.2) is 0 Å². The summed E-state index contributed by atoms with van der Waals surface area (Å²) < 4.78 is 56.2. The third-order valence-corrected chi connectivity index (χ3v) is 4.48. The van der Waals surface area contributed by atoms with E-state index in [9.17, 15) is 23.2 Å². The molecule has 1 amide bonds. The number of methoxy groups -OCH3 is 1. The van der Waals surface area contributed by atoms with Crippen LogP contribution in [0.5, 0.6) is 11.5 Å². The predicted molar refractivity (Wildman–Crippen MR) is 104 cm³/mol. The molecule has 0 spiro atoms. The SMILES string of the molecule is CCOc1cccc(N(O)C(=O)OC)c1COc1cc(C)c(CC)cc1C(F)(F)F. The van der Waals surface area contributed by atoms with E-state index in [0.29, 0.717) is 17.5 Å². The van der Waals surface area contributed by atoms with Crippen LogP contribution >= 0.6 is 0 Å². The zero-order valence-electron chi connectivity index (χ0n) is 17.2. The summed E-state index contributed by atoms with van der Waals surface area (Å²) >= 11 is 0. The second kappa shape index (κ2) is 9.71. The Hall–Kier alpha value is -2.94. The maximum absolute atomic E-state index is 13.6. The van der Waals surface area contributed by atoms with Crippen molar-refractivity contribution in [3.05, 3.63) is 52.6 Å². The average molecular weight is 427 g/mol. The first-order valence-electron chi connectivity index (χ1n) is 9.29. The van der Waals surface area contributed by atoms with Crippen molar-refractivity contribution in [1.29, 1.82) is 0 Å². The first kappa shape index (κ1) is 23.3. The van der Waals surface area contributed by atoms with Gasteiger partial charge in [0.1, 0.15) is 18.1 Å². The van der Waals surface area contributed by atoms with Crippen molar-refractivity contribution in [2.24, 2.45) is 0 Å². The molecule has 0 aliphatic carbocycles. The smallest absolute Gasteiger partial charge is 0.438 e. The highest BCUT2D eigenvalue weighted by atomic mass is 19.4. The van der Waals surface area contributed by atoms with Crippen molar-refractivity contribution in [1.82, 2.24) is 0 Å². The summed E-state index contributed by atoms with van der Waals surface area (Å²) in [5, 5.41) is 10.4. The number of nitrogens with zero attached hydrogens (tertiary/aromatic N) is 1. The van der Waals surface area contributed by atoms with E-state index in [0.717, 1.165) is 13.2 Å². The van der Waals surface area contributed by atoms with Crippen LogP contribution in [0.4, 0.5) is 23.7 Å². The van der Waals surface area contributed by atoms with Gasteiger partial charge < -0.3 is 14.2 Å². The zero-order valence-corrected chi connectivity index (χ0v) is 17.2. The predicted octanol–water partition coefficient (Wildman–Crippen LogP) is 5.52. The summed E-state index contributed by atoms with van der Waals surface area (Å²) in [6, 6.07) is 6.90. The molecule has 0 radical (unpaired) electrons. The van der Waals surface area contributed by atoms with E-state index in [-0.39, 0.29) is 41.0 Å². The molecule has 2 aromatic carbocycles. The van der Waals surface area contributed by atoms with Crippen molar-refractivity contribution >= 4 is 11.8 Å². The standard InChI is InChI=1S/C21H24F3NO5/c1-5-14-11-16(21(22,23)24)19(10-13(14)3)30-12-15-17(25(27)20(26)28-4)8-7-9-18(15)29-6-2/h7-11,27H,5-6,12H2,1-4H3. The number of hydrogen-bond donors (Lipinski definition) is 1. The lowest BCUT2D eigenvalue weighted by Crippen LogP contribution is -2.28. The number of rotatable bonds is 7. The van der Waals surface area contributed by atoms with Gasteiger partial charge in [-0.05, 0) is 55.7 Å². The van der Waals surface area contributed by atoms with Gasteiger partial charge in [0.2, 0.25) is 0 Å². The van der Waals surface area contributed by atoms with E-state index < -0.39 is 17.8 Å². The fourth-order valence-corrected chi connectivity index (χ4v) is 2.97. The number of alkyl halides is 3. The van der Waals surface area contributed by atoms with Gasteiger partial charge in [-0.15, -0.1) is 0 Å². The quantitative estimate of drug-likeness (QED) is 0.466. The number of ether oxygens (including phenoxy) is 3. The maximum Gasteiger partial charge on any atom is 0.438 e. The molecule has 0 bridgehead atoms. The Labute approximate surface area is 172 Å². The van der Waals surface area contributed by atoms with E-state index in [4.69, 9.17) is 9.47 Å². The fraction of sp³-hybridized carbons (Fsp3) is 0.381. The van der Waals surface area contributed by atoms with E-state index in [1.165, 1.54) is 18.2 Å². The van der Waals surface area contributed by atoms with Gasteiger partial charge in [0, 0.05) is 0 Å². The van der Waals surface area contributed by atoms with Crippen LogP contribution in [0.3, 0.4) is 0 Å². The van der Waals surface area contributed by atoms with Crippen LogP contribution in [0.25, 0.3) is 0 Å². The molecule has 9 heteroatoms. The van der Waals surface area contributed by atoms with Crippen molar-refractivity contribution < 1.29 is 37.4 Å². The first-order valence-corrected chi connectivity index (χ1v) is 9.29. The molecule has 1 N–H and O–H groups in total. The molecule has 0 atom stereocenters. The molecule has 0 aliphatic rings. The Morgan fingerprint density at radius 2 is 1.83 bits per heavy atom. The Balaban J connectivity index is 2.48. The van der Waals surface area contributed by atoms with Gasteiger partial charge in [-0.3, -0.25) is 5.21 Å². The third kappa shape index (κ3) is 5.15. The number of carbonyl (C=O) groups is 1. The summed E-state index contributed by atoms with van der Waals surface area (Å²) in [6.45, 7) is 5.09. The average Bonchev–Trinajstić information content (AvgIpc) is 2.70. The molecular formula is C21H24F3NO5. The van der Waals surface area contributed by atoms with Gasteiger partial charge in [-0.1, -0.05) is 13.0 Å². The minimum Gasteiger partial charge on any atom is -0.493 e. The van der Waals surface area contributed by atoms with Gasteiger partial charge in [0.25, 0.3) is 0 Å². The second-order valence-electron chi connectivity index (χ2n) is 6.38. The van der Waals surface area contributed by atoms with Crippen molar-refractivity contribution in [2.75, 3.05) is 18.8 Å². The number of aryl methyl sites for hydroxylation is 2. The summed E-state index contributed by atoms with van der Waals surface area (Å²) in [6.07, 6.45) is -5.22. The van der Waals surface area contributed by atoms with Crippen molar-refractivity contribution in [2.45, 2.75) is 40.0 Å². The minimum atomic E-state index is -4.61. The molecule has 0 aliphatic heterocycles. The van der Waals surface area contributed by atoms with Crippen LogP contribution in [-0.4, -0.2) is 25.0 Å². The Morgan fingerprint density at radius 3 is 2.40 bits per heavy atom. The number of halogens is 3. The van der Waals surface area contributed by atoms with Crippen molar-refractivity contribution in [3.63, 3.8) is 0 Å². The molecule has 6 nitrogen and oxygen atoms in total. The Kier molecular flexibility index (Phi) is 7.55. The van der Waals surface area contributed by atoms with E-state index in [1.54, 1.807) is 26.8 Å². The molecular weight excluding hydrogens is 403 g/mol. The number of hydrogen-bond acceptors (Lipinski definition) is 5. The minimum absolute atomic E-state index is 0.0248. The molecule has 164 valence electrons. The van der Waals surface area contributed by atoms with Gasteiger partial charge in [-0.25, -0.2) is 4.79 Å².